The summed E-state index contributed by atoms with van der Waals surface area (Å²) in [5.74, 6) is -0.138. The van der Waals surface area contributed by atoms with Crippen molar-refractivity contribution in [3.05, 3.63) is 35.1 Å². The third kappa shape index (κ3) is 3.44. The second-order valence-corrected chi connectivity index (χ2v) is 4.71. The molecular weight excluding hydrogens is 251 g/mol. The van der Waals surface area contributed by atoms with E-state index in [9.17, 15) is 4.39 Å². The van der Waals surface area contributed by atoms with Gasteiger partial charge in [-0.05, 0) is 36.6 Å². The molecule has 1 N–H and O–H groups in total. The van der Waals surface area contributed by atoms with Crippen molar-refractivity contribution in [2.24, 2.45) is 0 Å². The van der Waals surface area contributed by atoms with Gasteiger partial charge in [0.2, 0.25) is 0 Å². The van der Waals surface area contributed by atoms with Crippen LogP contribution >= 0.6 is 12.4 Å². The first-order valence-electron chi connectivity index (χ1n) is 6.43. The van der Waals surface area contributed by atoms with E-state index < -0.39 is 0 Å². The summed E-state index contributed by atoms with van der Waals surface area (Å²) >= 11 is 0. The first kappa shape index (κ1) is 15.4. The van der Waals surface area contributed by atoms with E-state index in [1.807, 2.05) is 13.0 Å². The van der Waals surface area contributed by atoms with E-state index in [0.29, 0.717) is 6.04 Å². The zero-order chi connectivity index (χ0) is 12.3. The van der Waals surface area contributed by atoms with Crippen LogP contribution in [0.4, 0.5) is 4.39 Å². The van der Waals surface area contributed by atoms with E-state index >= 15 is 0 Å². The lowest BCUT2D eigenvalue weighted by molar-refractivity contribution is 0.169. The van der Waals surface area contributed by atoms with Gasteiger partial charge in [0, 0.05) is 32.2 Å². The van der Waals surface area contributed by atoms with Crippen molar-refractivity contribution in [3.8, 4) is 0 Å². The molecule has 0 radical (unpaired) electrons. The molecule has 102 valence electrons. The minimum Gasteiger partial charge on any atom is -0.314 e. The number of piperazine rings is 1. The largest absolute Gasteiger partial charge is 0.314 e. The predicted molar refractivity (Wildman–Crippen MR) is 75.9 cm³/mol. The summed E-state index contributed by atoms with van der Waals surface area (Å²) in [7, 11) is 0. The van der Waals surface area contributed by atoms with Crippen LogP contribution in [0.5, 0.6) is 0 Å². The highest BCUT2D eigenvalue weighted by Crippen LogP contribution is 2.27. The lowest BCUT2D eigenvalue weighted by Gasteiger charge is -2.35. The molecule has 2 nitrogen and oxygen atoms in total. The quantitative estimate of drug-likeness (QED) is 0.910. The zero-order valence-electron chi connectivity index (χ0n) is 11.1. The van der Waals surface area contributed by atoms with Crippen LogP contribution in [-0.4, -0.2) is 31.1 Å². The van der Waals surface area contributed by atoms with Gasteiger partial charge in [-0.1, -0.05) is 13.0 Å². The fourth-order valence-corrected chi connectivity index (χ4v) is 2.68. The van der Waals surface area contributed by atoms with Crippen LogP contribution in [-0.2, 0) is 0 Å². The molecule has 1 fully saturated rings. The van der Waals surface area contributed by atoms with Crippen LogP contribution < -0.4 is 5.32 Å². The smallest absolute Gasteiger partial charge is 0.123 e. The van der Waals surface area contributed by atoms with Gasteiger partial charge < -0.3 is 5.32 Å². The zero-order valence-corrected chi connectivity index (χ0v) is 11.9. The molecule has 1 aliphatic rings. The Morgan fingerprint density at radius 2 is 2.00 bits per heavy atom. The highest BCUT2D eigenvalue weighted by molar-refractivity contribution is 5.85. The number of halogens is 2. The van der Waals surface area contributed by atoms with Crippen molar-refractivity contribution >= 4 is 12.4 Å². The molecule has 1 heterocycles. The van der Waals surface area contributed by atoms with Gasteiger partial charge in [-0.15, -0.1) is 12.4 Å². The predicted octanol–water partition coefficient (Wildman–Crippen LogP) is 2.91. The molecule has 0 unspecified atom stereocenters. The van der Waals surface area contributed by atoms with Crippen molar-refractivity contribution in [3.63, 3.8) is 0 Å². The lowest BCUT2D eigenvalue weighted by Crippen LogP contribution is -2.45. The Bertz CT molecular complexity index is 378. The van der Waals surface area contributed by atoms with Crippen LogP contribution in [0.1, 0.15) is 30.5 Å². The van der Waals surface area contributed by atoms with Crippen LogP contribution in [0.15, 0.2) is 18.2 Å². The first-order chi connectivity index (χ1) is 8.22. The van der Waals surface area contributed by atoms with Crippen molar-refractivity contribution in [1.29, 1.82) is 0 Å². The number of hydrogen-bond donors (Lipinski definition) is 1. The lowest BCUT2D eigenvalue weighted by atomic mass is 9.97. The van der Waals surface area contributed by atoms with Crippen LogP contribution in [0, 0.1) is 12.7 Å². The summed E-state index contributed by atoms with van der Waals surface area (Å²) in [6, 6.07) is 5.59. The number of rotatable bonds is 3. The molecule has 1 atom stereocenters. The Morgan fingerprint density at radius 1 is 1.33 bits per heavy atom. The average molecular weight is 273 g/mol. The number of nitrogens with one attached hydrogen (secondary N) is 1. The summed E-state index contributed by atoms with van der Waals surface area (Å²) in [4.78, 5) is 2.50. The van der Waals surface area contributed by atoms with Gasteiger partial charge >= 0.3 is 0 Å². The molecule has 0 spiro atoms. The van der Waals surface area contributed by atoms with E-state index in [2.05, 4.69) is 17.1 Å². The summed E-state index contributed by atoms with van der Waals surface area (Å²) in [5.41, 5.74) is 2.34. The molecule has 0 aliphatic carbocycles. The van der Waals surface area contributed by atoms with Gasteiger partial charge in [0.1, 0.15) is 5.82 Å². The Hall–Kier alpha value is -0.640. The fraction of sp³-hybridized carbons (Fsp3) is 0.571. The molecule has 0 amide bonds. The molecule has 1 aliphatic heterocycles. The van der Waals surface area contributed by atoms with E-state index in [4.69, 9.17) is 0 Å². The van der Waals surface area contributed by atoms with Gasteiger partial charge in [0.15, 0.2) is 0 Å². The number of hydrogen-bond acceptors (Lipinski definition) is 2. The number of nitrogens with zero attached hydrogens (tertiary/aromatic N) is 1. The maximum Gasteiger partial charge on any atom is 0.123 e. The molecule has 2 rings (SSSR count). The standard InChI is InChI=1S/C14H21FN2.ClH/c1-3-14(17-8-6-16-7-9-17)13-5-4-12(15)10-11(13)2;/h4-5,10,14,16H,3,6-9H2,1-2H3;1H/t14-;/m1./s1. The first-order valence-corrected chi connectivity index (χ1v) is 6.43. The van der Waals surface area contributed by atoms with Crippen LogP contribution in [0.3, 0.4) is 0 Å². The SMILES string of the molecule is CC[C@H](c1ccc(F)cc1C)N1CCNCC1.Cl. The maximum absolute atomic E-state index is 13.1. The molecule has 1 aromatic carbocycles. The average Bonchev–Trinajstić information content (AvgIpc) is 2.34. The van der Waals surface area contributed by atoms with E-state index in [0.717, 1.165) is 38.2 Å². The second-order valence-electron chi connectivity index (χ2n) is 4.71. The molecule has 1 aromatic rings. The monoisotopic (exact) mass is 272 g/mol. The van der Waals surface area contributed by atoms with Gasteiger partial charge in [-0.25, -0.2) is 4.39 Å². The summed E-state index contributed by atoms with van der Waals surface area (Å²) in [6.45, 7) is 8.47. The van der Waals surface area contributed by atoms with Crippen LogP contribution in [0.2, 0.25) is 0 Å². The topological polar surface area (TPSA) is 15.3 Å². The highest BCUT2D eigenvalue weighted by Gasteiger charge is 2.21. The van der Waals surface area contributed by atoms with E-state index in [-0.39, 0.29) is 18.2 Å². The summed E-state index contributed by atoms with van der Waals surface area (Å²) < 4.78 is 13.1. The van der Waals surface area contributed by atoms with Gasteiger partial charge in [0.25, 0.3) is 0 Å². The Kier molecular flexibility index (Phi) is 6.06. The molecule has 0 aromatic heterocycles. The number of benzene rings is 1. The minimum absolute atomic E-state index is 0. The van der Waals surface area contributed by atoms with Gasteiger partial charge in [-0.2, -0.15) is 0 Å². The number of aryl methyl sites for hydroxylation is 1. The highest BCUT2D eigenvalue weighted by atomic mass is 35.5. The molecule has 0 bridgehead atoms. The van der Waals surface area contributed by atoms with Crippen molar-refractivity contribution < 1.29 is 4.39 Å². The Morgan fingerprint density at radius 3 is 2.56 bits per heavy atom. The van der Waals surface area contributed by atoms with E-state index in [1.165, 1.54) is 5.56 Å². The van der Waals surface area contributed by atoms with Crippen molar-refractivity contribution in [2.45, 2.75) is 26.3 Å². The second kappa shape index (κ2) is 7.07. The van der Waals surface area contributed by atoms with Crippen molar-refractivity contribution in [2.75, 3.05) is 26.2 Å². The van der Waals surface area contributed by atoms with Gasteiger partial charge in [0.05, 0.1) is 0 Å². The third-order valence-electron chi connectivity index (χ3n) is 3.57. The molecule has 4 heteroatoms. The normalized spacial score (nSPS) is 18.2. The summed E-state index contributed by atoms with van der Waals surface area (Å²) in [5, 5.41) is 3.37. The minimum atomic E-state index is -0.138. The molecular formula is C14H22ClFN2. The Balaban J connectivity index is 0.00000162. The molecule has 1 saturated heterocycles. The van der Waals surface area contributed by atoms with E-state index in [1.54, 1.807) is 12.1 Å². The molecule has 18 heavy (non-hydrogen) atoms. The van der Waals surface area contributed by atoms with Crippen molar-refractivity contribution in [1.82, 2.24) is 10.2 Å². The van der Waals surface area contributed by atoms with Crippen LogP contribution in [0.25, 0.3) is 0 Å². The maximum atomic E-state index is 13.1. The fourth-order valence-electron chi connectivity index (χ4n) is 2.68. The summed E-state index contributed by atoms with van der Waals surface area (Å²) in [6.07, 6.45) is 1.08. The molecule has 0 saturated carbocycles. The third-order valence-corrected chi connectivity index (χ3v) is 3.57. The van der Waals surface area contributed by atoms with Gasteiger partial charge in [-0.3, -0.25) is 4.90 Å². The Labute approximate surface area is 115 Å².